The fourth-order valence-corrected chi connectivity index (χ4v) is 2.11. The summed E-state index contributed by atoms with van der Waals surface area (Å²) < 4.78 is 26.9. The van der Waals surface area contributed by atoms with Gasteiger partial charge in [-0.15, -0.1) is 0 Å². The van der Waals surface area contributed by atoms with Crippen molar-refractivity contribution < 1.29 is 13.6 Å². The van der Waals surface area contributed by atoms with E-state index in [-0.39, 0.29) is 11.1 Å². The summed E-state index contributed by atoms with van der Waals surface area (Å²) in [6.45, 7) is 0. The van der Waals surface area contributed by atoms with Crippen molar-refractivity contribution in [2.75, 3.05) is 0 Å². The fourth-order valence-electron chi connectivity index (χ4n) is 2.11. The summed E-state index contributed by atoms with van der Waals surface area (Å²) >= 11 is 0. The van der Waals surface area contributed by atoms with Crippen LogP contribution in [0.3, 0.4) is 0 Å². The van der Waals surface area contributed by atoms with Crippen LogP contribution in [0, 0.1) is 11.6 Å². The van der Waals surface area contributed by atoms with Crippen molar-refractivity contribution >= 4 is 16.6 Å². The quantitative estimate of drug-likeness (QED) is 0.663. The summed E-state index contributed by atoms with van der Waals surface area (Å²) in [5.41, 5.74) is -0.0317. The molecular weight excluding hydrogens is 260 g/mol. The molecule has 0 aliphatic heterocycles. The van der Waals surface area contributed by atoms with Crippen molar-refractivity contribution in [3.8, 4) is 0 Å². The van der Waals surface area contributed by atoms with Gasteiger partial charge in [-0.25, -0.2) is 8.78 Å². The molecule has 0 amide bonds. The van der Waals surface area contributed by atoms with Crippen molar-refractivity contribution in [1.29, 1.82) is 0 Å². The highest BCUT2D eigenvalue weighted by molar-refractivity contribution is 6.16. The molecule has 0 saturated heterocycles. The Labute approximate surface area is 113 Å². The number of hydrogen-bond acceptors (Lipinski definition) is 2. The summed E-state index contributed by atoms with van der Waals surface area (Å²) in [5, 5.41) is 1.44. The predicted octanol–water partition coefficient (Wildman–Crippen LogP) is 3.74. The maximum absolute atomic E-state index is 13.7. The molecular formula is C16H9F2NO. The van der Waals surface area contributed by atoms with Crippen LogP contribution in [0.1, 0.15) is 15.9 Å². The van der Waals surface area contributed by atoms with Crippen molar-refractivity contribution in [3.63, 3.8) is 0 Å². The third-order valence-electron chi connectivity index (χ3n) is 3.09. The van der Waals surface area contributed by atoms with Crippen molar-refractivity contribution in [1.82, 2.24) is 4.98 Å². The predicted molar refractivity (Wildman–Crippen MR) is 71.5 cm³/mol. The maximum Gasteiger partial charge on any atom is 0.198 e. The van der Waals surface area contributed by atoms with Gasteiger partial charge >= 0.3 is 0 Å². The van der Waals surface area contributed by atoms with E-state index in [0.717, 1.165) is 23.6 Å². The van der Waals surface area contributed by atoms with E-state index in [2.05, 4.69) is 4.98 Å². The molecule has 0 aliphatic carbocycles. The minimum Gasteiger partial charge on any atom is -0.288 e. The van der Waals surface area contributed by atoms with Crippen LogP contribution in [0.25, 0.3) is 10.8 Å². The second kappa shape index (κ2) is 4.81. The van der Waals surface area contributed by atoms with E-state index in [1.807, 2.05) is 6.07 Å². The molecule has 0 saturated carbocycles. The Morgan fingerprint density at radius 2 is 1.75 bits per heavy atom. The number of pyridine rings is 1. The third-order valence-corrected chi connectivity index (χ3v) is 3.09. The number of rotatable bonds is 2. The molecule has 0 spiro atoms. The summed E-state index contributed by atoms with van der Waals surface area (Å²) in [5.74, 6) is -1.97. The SMILES string of the molecule is O=C(c1cc(F)ccc1F)c1cncc2ccccc12. The van der Waals surface area contributed by atoms with Crippen molar-refractivity contribution in [3.05, 3.63) is 77.6 Å². The first-order chi connectivity index (χ1) is 9.66. The van der Waals surface area contributed by atoms with Gasteiger partial charge in [-0.05, 0) is 23.6 Å². The molecule has 0 fully saturated rings. The highest BCUT2D eigenvalue weighted by Gasteiger charge is 2.17. The lowest BCUT2D eigenvalue weighted by molar-refractivity contribution is 0.103. The van der Waals surface area contributed by atoms with Gasteiger partial charge in [0, 0.05) is 23.3 Å². The Hall–Kier alpha value is -2.62. The average Bonchev–Trinajstić information content (AvgIpc) is 2.48. The van der Waals surface area contributed by atoms with E-state index < -0.39 is 17.4 Å². The molecule has 3 aromatic rings. The molecule has 3 rings (SSSR count). The number of nitrogens with zero attached hydrogens (tertiary/aromatic N) is 1. The Balaban J connectivity index is 2.20. The lowest BCUT2D eigenvalue weighted by Crippen LogP contribution is -2.06. The molecule has 4 heteroatoms. The Bertz CT molecular complexity index is 809. The van der Waals surface area contributed by atoms with Crippen LogP contribution < -0.4 is 0 Å². The zero-order chi connectivity index (χ0) is 14.1. The Morgan fingerprint density at radius 1 is 0.950 bits per heavy atom. The van der Waals surface area contributed by atoms with E-state index in [1.165, 1.54) is 6.20 Å². The van der Waals surface area contributed by atoms with Gasteiger partial charge in [0.25, 0.3) is 0 Å². The van der Waals surface area contributed by atoms with Crippen LogP contribution in [0.15, 0.2) is 54.9 Å². The molecule has 1 heterocycles. The van der Waals surface area contributed by atoms with Crippen LogP contribution in [-0.2, 0) is 0 Å². The molecule has 2 aromatic carbocycles. The van der Waals surface area contributed by atoms with E-state index in [9.17, 15) is 13.6 Å². The van der Waals surface area contributed by atoms with Crippen LogP contribution in [0.4, 0.5) is 8.78 Å². The van der Waals surface area contributed by atoms with Crippen molar-refractivity contribution in [2.24, 2.45) is 0 Å². The van der Waals surface area contributed by atoms with Gasteiger partial charge in [0.2, 0.25) is 0 Å². The van der Waals surface area contributed by atoms with Crippen molar-refractivity contribution in [2.45, 2.75) is 0 Å². The standard InChI is InChI=1S/C16H9F2NO/c17-11-5-6-15(18)13(7-11)16(20)14-9-19-8-10-3-1-2-4-12(10)14/h1-9H. The van der Waals surface area contributed by atoms with E-state index >= 15 is 0 Å². The van der Waals surface area contributed by atoms with Gasteiger partial charge < -0.3 is 0 Å². The number of hydrogen-bond donors (Lipinski definition) is 0. The molecule has 1 aromatic heterocycles. The van der Waals surface area contributed by atoms with Gasteiger partial charge in [-0.3, -0.25) is 9.78 Å². The molecule has 20 heavy (non-hydrogen) atoms. The summed E-state index contributed by atoms with van der Waals surface area (Å²) in [4.78, 5) is 16.4. The minimum atomic E-state index is -0.746. The number of fused-ring (bicyclic) bond motifs is 1. The largest absolute Gasteiger partial charge is 0.288 e. The van der Waals surface area contributed by atoms with Crippen LogP contribution in [0.5, 0.6) is 0 Å². The van der Waals surface area contributed by atoms with Gasteiger partial charge in [0.05, 0.1) is 5.56 Å². The fraction of sp³-hybridized carbons (Fsp3) is 0. The number of aromatic nitrogens is 1. The zero-order valence-corrected chi connectivity index (χ0v) is 10.3. The molecule has 0 atom stereocenters. The molecule has 0 bridgehead atoms. The molecule has 0 aliphatic rings. The molecule has 98 valence electrons. The maximum atomic E-state index is 13.7. The van der Waals surface area contributed by atoms with Gasteiger partial charge in [-0.2, -0.15) is 0 Å². The normalized spacial score (nSPS) is 10.7. The smallest absolute Gasteiger partial charge is 0.198 e. The highest BCUT2D eigenvalue weighted by Crippen LogP contribution is 2.21. The number of carbonyl (C=O) groups is 1. The van der Waals surface area contributed by atoms with E-state index in [0.29, 0.717) is 5.39 Å². The van der Waals surface area contributed by atoms with E-state index in [1.54, 1.807) is 24.4 Å². The van der Waals surface area contributed by atoms with Gasteiger partial charge in [0.1, 0.15) is 11.6 Å². The summed E-state index contributed by atoms with van der Waals surface area (Å²) in [7, 11) is 0. The number of ketones is 1. The van der Waals surface area contributed by atoms with Crippen LogP contribution in [-0.4, -0.2) is 10.8 Å². The molecule has 0 N–H and O–H groups in total. The summed E-state index contributed by atoms with van der Waals surface area (Å²) in [6, 6.07) is 9.98. The first-order valence-corrected chi connectivity index (χ1v) is 5.99. The second-order valence-corrected chi connectivity index (χ2v) is 4.36. The number of benzene rings is 2. The van der Waals surface area contributed by atoms with Crippen LogP contribution in [0.2, 0.25) is 0 Å². The monoisotopic (exact) mass is 269 g/mol. The molecule has 2 nitrogen and oxygen atoms in total. The molecule has 0 unspecified atom stereocenters. The van der Waals surface area contributed by atoms with E-state index in [4.69, 9.17) is 0 Å². The third kappa shape index (κ3) is 2.05. The topological polar surface area (TPSA) is 30.0 Å². The van der Waals surface area contributed by atoms with Gasteiger partial charge in [0.15, 0.2) is 5.78 Å². The Morgan fingerprint density at radius 3 is 2.60 bits per heavy atom. The lowest BCUT2D eigenvalue weighted by atomic mass is 9.99. The Kier molecular flexibility index (Phi) is 2.99. The first kappa shape index (κ1) is 12.4. The average molecular weight is 269 g/mol. The summed E-state index contributed by atoms with van der Waals surface area (Å²) in [6.07, 6.45) is 2.99. The first-order valence-electron chi connectivity index (χ1n) is 5.99. The number of carbonyl (C=O) groups excluding carboxylic acids is 1. The zero-order valence-electron chi connectivity index (χ0n) is 10.3. The van der Waals surface area contributed by atoms with Gasteiger partial charge in [-0.1, -0.05) is 24.3 Å². The molecule has 0 radical (unpaired) electrons. The second-order valence-electron chi connectivity index (χ2n) is 4.36. The van der Waals surface area contributed by atoms with Crippen LogP contribution >= 0.6 is 0 Å². The lowest BCUT2D eigenvalue weighted by Gasteiger charge is -2.06. The highest BCUT2D eigenvalue weighted by atomic mass is 19.1. The number of halogens is 2. The minimum absolute atomic E-state index is 0.257.